The van der Waals surface area contributed by atoms with Gasteiger partial charge in [0.25, 0.3) is 0 Å². The van der Waals surface area contributed by atoms with Crippen LogP contribution in [-0.2, 0) is 13.0 Å². The second-order valence-corrected chi connectivity index (χ2v) is 8.72. The Morgan fingerprint density at radius 2 is 2.03 bits per heavy atom. The van der Waals surface area contributed by atoms with E-state index in [2.05, 4.69) is 4.98 Å². The maximum atomic E-state index is 13.4. The lowest BCUT2D eigenvalue weighted by molar-refractivity contribution is -0.901. The number of aryl methyl sites for hydroxylation is 1. The number of hydrogen-bond donors (Lipinski definition) is 2. The van der Waals surface area contributed by atoms with Gasteiger partial charge in [-0.1, -0.05) is 19.1 Å². The monoisotopic (exact) mass is 407 g/mol. The van der Waals surface area contributed by atoms with E-state index >= 15 is 0 Å². The highest BCUT2D eigenvalue weighted by atomic mass is 32.1. The van der Waals surface area contributed by atoms with Crippen LogP contribution in [0.4, 0.5) is 0 Å². The first-order valence-electron chi connectivity index (χ1n) is 10.1. The number of para-hydroxylation sites is 1. The first-order chi connectivity index (χ1) is 14.2. The number of aromatic nitrogens is 1. The van der Waals surface area contributed by atoms with Crippen LogP contribution in [0.3, 0.4) is 0 Å². The van der Waals surface area contributed by atoms with Crippen molar-refractivity contribution in [3.63, 3.8) is 0 Å². The lowest BCUT2D eigenvalue weighted by Crippen LogP contribution is -3.08. The maximum absolute atomic E-state index is 13.4. The van der Waals surface area contributed by atoms with Crippen molar-refractivity contribution in [3.8, 4) is 16.3 Å². The molecule has 2 aromatic carbocycles. The standard InChI is InChI=1S/C23H22N2O3S/c1-2-14-11-15-21(27)17(23-24-18-7-3-4-8-19(18)29-23)13-28-22(15)16(20(14)26)12-25-9-5-6-10-25/h3-4,7-8,11,13,26H,2,5-6,9-10,12H2,1H3/p+1. The van der Waals surface area contributed by atoms with Gasteiger partial charge in [0.15, 0.2) is 0 Å². The zero-order valence-corrected chi connectivity index (χ0v) is 17.1. The molecule has 148 valence electrons. The lowest BCUT2D eigenvalue weighted by Gasteiger charge is -2.16. The number of aromatic hydroxyl groups is 1. The molecule has 6 heteroatoms. The molecule has 0 amide bonds. The molecule has 2 N–H and O–H groups in total. The number of nitrogens with one attached hydrogen (secondary N) is 1. The van der Waals surface area contributed by atoms with Gasteiger partial charge in [0, 0.05) is 12.8 Å². The first-order valence-corrected chi connectivity index (χ1v) is 11.0. The summed E-state index contributed by atoms with van der Waals surface area (Å²) in [6.07, 6.45) is 4.57. The van der Waals surface area contributed by atoms with E-state index in [9.17, 15) is 9.90 Å². The van der Waals surface area contributed by atoms with Crippen molar-refractivity contribution in [1.29, 1.82) is 0 Å². The van der Waals surface area contributed by atoms with Crippen molar-refractivity contribution in [3.05, 3.63) is 57.9 Å². The van der Waals surface area contributed by atoms with Gasteiger partial charge in [0.05, 0.1) is 39.8 Å². The van der Waals surface area contributed by atoms with E-state index in [1.165, 1.54) is 35.3 Å². The topological polar surface area (TPSA) is 67.8 Å². The fourth-order valence-corrected chi connectivity index (χ4v) is 5.23. The van der Waals surface area contributed by atoms with E-state index in [4.69, 9.17) is 4.42 Å². The zero-order valence-electron chi connectivity index (χ0n) is 16.3. The van der Waals surface area contributed by atoms with Crippen molar-refractivity contribution in [2.45, 2.75) is 32.7 Å². The van der Waals surface area contributed by atoms with Crippen LogP contribution >= 0.6 is 11.3 Å². The molecule has 0 radical (unpaired) electrons. The summed E-state index contributed by atoms with van der Waals surface area (Å²) in [7, 11) is 0. The Morgan fingerprint density at radius 3 is 2.79 bits per heavy atom. The van der Waals surface area contributed by atoms with Gasteiger partial charge in [0.2, 0.25) is 5.43 Å². The number of benzene rings is 2. The molecule has 0 saturated carbocycles. The molecule has 4 aromatic rings. The van der Waals surface area contributed by atoms with Crippen LogP contribution in [0.2, 0.25) is 0 Å². The molecule has 5 nitrogen and oxygen atoms in total. The quantitative estimate of drug-likeness (QED) is 0.543. The predicted molar refractivity (Wildman–Crippen MR) is 116 cm³/mol. The Balaban J connectivity index is 1.70. The highest BCUT2D eigenvalue weighted by Crippen LogP contribution is 2.33. The molecule has 1 aliphatic heterocycles. The Labute approximate surface area is 172 Å². The van der Waals surface area contributed by atoms with E-state index < -0.39 is 0 Å². The van der Waals surface area contributed by atoms with Gasteiger partial charge < -0.3 is 14.4 Å². The minimum absolute atomic E-state index is 0.0855. The third-order valence-corrected chi connectivity index (χ3v) is 6.92. The summed E-state index contributed by atoms with van der Waals surface area (Å²) in [4.78, 5) is 19.4. The molecule has 29 heavy (non-hydrogen) atoms. The summed E-state index contributed by atoms with van der Waals surface area (Å²) in [5.41, 5.74) is 3.33. The van der Waals surface area contributed by atoms with Crippen LogP contribution in [0.25, 0.3) is 31.8 Å². The molecular weight excluding hydrogens is 384 g/mol. The largest absolute Gasteiger partial charge is 0.507 e. The van der Waals surface area contributed by atoms with Gasteiger partial charge in [-0.15, -0.1) is 11.3 Å². The smallest absolute Gasteiger partial charge is 0.202 e. The van der Waals surface area contributed by atoms with E-state index in [1.54, 1.807) is 6.07 Å². The second kappa shape index (κ2) is 7.28. The predicted octanol–water partition coefficient (Wildman–Crippen LogP) is 3.52. The molecule has 0 unspecified atom stereocenters. The number of thiazole rings is 1. The van der Waals surface area contributed by atoms with Gasteiger partial charge >= 0.3 is 0 Å². The van der Waals surface area contributed by atoms with E-state index in [-0.39, 0.29) is 11.2 Å². The summed E-state index contributed by atoms with van der Waals surface area (Å²) < 4.78 is 7.03. The number of phenols is 1. The van der Waals surface area contributed by atoms with Crippen LogP contribution in [0.15, 0.2) is 45.8 Å². The van der Waals surface area contributed by atoms with Crippen LogP contribution in [0.5, 0.6) is 5.75 Å². The van der Waals surface area contributed by atoms with Gasteiger partial charge in [-0.2, -0.15) is 0 Å². The number of likely N-dealkylation sites (tertiary alicyclic amines) is 1. The summed E-state index contributed by atoms with van der Waals surface area (Å²) in [6, 6.07) is 9.65. The normalized spacial score (nSPS) is 14.9. The average molecular weight is 408 g/mol. The second-order valence-electron chi connectivity index (χ2n) is 7.69. The minimum Gasteiger partial charge on any atom is -0.507 e. The van der Waals surface area contributed by atoms with Crippen molar-refractivity contribution in [1.82, 2.24) is 4.98 Å². The van der Waals surface area contributed by atoms with Crippen LogP contribution in [0.1, 0.15) is 30.9 Å². The number of hydrogen-bond acceptors (Lipinski definition) is 5. The molecule has 1 fully saturated rings. The highest BCUT2D eigenvalue weighted by molar-refractivity contribution is 7.21. The van der Waals surface area contributed by atoms with Gasteiger partial charge in [0.1, 0.15) is 29.1 Å². The van der Waals surface area contributed by atoms with E-state index in [0.717, 1.165) is 34.4 Å². The molecule has 5 rings (SSSR count). The van der Waals surface area contributed by atoms with Crippen LogP contribution < -0.4 is 10.3 Å². The van der Waals surface area contributed by atoms with E-state index in [1.807, 2.05) is 31.2 Å². The molecule has 3 heterocycles. The van der Waals surface area contributed by atoms with Gasteiger partial charge in [-0.25, -0.2) is 4.98 Å². The molecule has 0 spiro atoms. The number of quaternary nitrogens is 1. The number of phenolic OH excluding ortho intramolecular Hbond substituents is 1. The van der Waals surface area contributed by atoms with Crippen molar-refractivity contribution < 1.29 is 14.4 Å². The molecular formula is C23H23N2O3S+. The SMILES string of the molecule is CCc1cc2c(=O)c(-c3nc4ccccc4s3)coc2c(C[NH+]2CCCC2)c1O. The Hall–Kier alpha value is -2.70. The lowest BCUT2D eigenvalue weighted by atomic mass is 10.0. The Morgan fingerprint density at radius 1 is 1.24 bits per heavy atom. The number of fused-ring (bicyclic) bond motifs is 2. The average Bonchev–Trinajstić information content (AvgIpc) is 3.39. The highest BCUT2D eigenvalue weighted by Gasteiger charge is 2.24. The summed E-state index contributed by atoms with van der Waals surface area (Å²) in [5, 5.41) is 12.0. The molecule has 0 bridgehead atoms. The van der Waals surface area contributed by atoms with E-state index in [0.29, 0.717) is 34.5 Å². The number of rotatable bonds is 4. The molecule has 1 saturated heterocycles. The van der Waals surface area contributed by atoms with Crippen LogP contribution in [0, 0.1) is 0 Å². The molecule has 0 atom stereocenters. The van der Waals surface area contributed by atoms with Crippen LogP contribution in [-0.4, -0.2) is 23.2 Å². The summed E-state index contributed by atoms with van der Waals surface area (Å²) >= 11 is 1.49. The molecule has 0 aliphatic carbocycles. The number of nitrogens with zero attached hydrogens (tertiary/aromatic N) is 1. The zero-order chi connectivity index (χ0) is 20.0. The fourth-order valence-electron chi connectivity index (χ4n) is 4.26. The molecule has 1 aliphatic rings. The van der Waals surface area contributed by atoms with Gasteiger partial charge in [-0.05, 0) is 30.2 Å². The van der Waals surface area contributed by atoms with Crippen molar-refractivity contribution >= 4 is 32.5 Å². The Kier molecular flexibility index (Phi) is 4.60. The maximum Gasteiger partial charge on any atom is 0.202 e. The summed E-state index contributed by atoms with van der Waals surface area (Å²) in [5.74, 6) is 0.273. The minimum atomic E-state index is -0.0855. The fraction of sp³-hybridized carbons (Fsp3) is 0.304. The third kappa shape index (κ3) is 3.12. The Bertz CT molecular complexity index is 1240. The summed E-state index contributed by atoms with van der Waals surface area (Å²) in [6.45, 7) is 4.85. The molecule has 2 aromatic heterocycles. The van der Waals surface area contributed by atoms with Gasteiger partial charge in [-0.3, -0.25) is 4.79 Å². The van der Waals surface area contributed by atoms with Crippen molar-refractivity contribution in [2.24, 2.45) is 0 Å². The third-order valence-electron chi connectivity index (χ3n) is 5.85. The first kappa shape index (κ1) is 18.3. The van der Waals surface area contributed by atoms with Crippen molar-refractivity contribution in [2.75, 3.05) is 13.1 Å².